The fourth-order valence-corrected chi connectivity index (χ4v) is 3.73. The van der Waals surface area contributed by atoms with Crippen LogP contribution in [0.25, 0.3) is 0 Å². The van der Waals surface area contributed by atoms with Gasteiger partial charge in [-0.3, -0.25) is 0 Å². The predicted molar refractivity (Wildman–Crippen MR) is 95.3 cm³/mol. The van der Waals surface area contributed by atoms with Crippen LogP contribution >= 0.6 is 0 Å². The van der Waals surface area contributed by atoms with E-state index in [1.165, 1.54) is 16.7 Å². The summed E-state index contributed by atoms with van der Waals surface area (Å²) in [5.74, 6) is 0.504. The van der Waals surface area contributed by atoms with Crippen LogP contribution in [0.5, 0.6) is 0 Å². The SMILES string of the molecule is c1ccc([C@@H]2C[C@@H](c3ccccc3)[C@@H](c3ccccc3)N2)cc1. The van der Waals surface area contributed by atoms with Gasteiger partial charge in [-0.15, -0.1) is 0 Å². The van der Waals surface area contributed by atoms with E-state index in [2.05, 4.69) is 96.3 Å². The maximum atomic E-state index is 3.87. The molecule has 3 aromatic carbocycles. The normalized spacial score (nSPS) is 23.7. The first-order chi connectivity index (χ1) is 11.4. The molecule has 0 aliphatic carbocycles. The van der Waals surface area contributed by atoms with Crippen molar-refractivity contribution in [2.75, 3.05) is 0 Å². The zero-order valence-corrected chi connectivity index (χ0v) is 13.1. The van der Waals surface area contributed by atoms with Crippen LogP contribution in [0.4, 0.5) is 0 Å². The van der Waals surface area contributed by atoms with Gasteiger partial charge >= 0.3 is 0 Å². The van der Waals surface area contributed by atoms with Crippen molar-refractivity contribution >= 4 is 0 Å². The maximum Gasteiger partial charge on any atom is 0.0395 e. The Kier molecular flexibility index (Phi) is 3.95. The molecule has 1 saturated heterocycles. The number of hydrogen-bond acceptors (Lipinski definition) is 1. The first kappa shape index (κ1) is 14.2. The van der Waals surface area contributed by atoms with Crippen molar-refractivity contribution in [2.45, 2.75) is 24.4 Å². The average molecular weight is 299 g/mol. The average Bonchev–Trinajstić information content (AvgIpc) is 3.09. The molecule has 1 fully saturated rings. The van der Waals surface area contributed by atoms with Crippen LogP contribution < -0.4 is 5.32 Å². The van der Waals surface area contributed by atoms with Crippen molar-refractivity contribution in [3.63, 3.8) is 0 Å². The van der Waals surface area contributed by atoms with E-state index in [0.717, 1.165) is 6.42 Å². The Morgan fingerprint density at radius 3 is 1.61 bits per heavy atom. The summed E-state index contributed by atoms with van der Waals surface area (Å²) in [6.45, 7) is 0. The Balaban J connectivity index is 1.70. The molecule has 0 spiro atoms. The molecule has 1 aliphatic heterocycles. The van der Waals surface area contributed by atoms with Crippen LogP contribution in [-0.2, 0) is 0 Å². The summed E-state index contributed by atoms with van der Waals surface area (Å²) in [6, 6.07) is 33.3. The second kappa shape index (κ2) is 6.39. The molecule has 3 aromatic rings. The molecule has 1 N–H and O–H groups in total. The van der Waals surface area contributed by atoms with Gasteiger partial charge in [0.1, 0.15) is 0 Å². The highest BCUT2D eigenvalue weighted by molar-refractivity contribution is 5.33. The topological polar surface area (TPSA) is 12.0 Å². The lowest BCUT2D eigenvalue weighted by Gasteiger charge is -2.20. The number of nitrogens with one attached hydrogen (secondary N) is 1. The molecular formula is C22H21N. The van der Waals surface area contributed by atoms with E-state index in [9.17, 15) is 0 Å². The lowest BCUT2D eigenvalue weighted by Crippen LogP contribution is -2.19. The quantitative estimate of drug-likeness (QED) is 0.697. The van der Waals surface area contributed by atoms with E-state index in [0.29, 0.717) is 18.0 Å². The summed E-state index contributed by atoms with van der Waals surface area (Å²) >= 11 is 0. The maximum absolute atomic E-state index is 3.87. The largest absolute Gasteiger partial charge is 0.302 e. The molecule has 114 valence electrons. The lowest BCUT2D eigenvalue weighted by atomic mass is 9.86. The van der Waals surface area contributed by atoms with Gasteiger partial charge in [-0.1, -0.05) is 91.0 Å². The zero-order valence-electron chi connectivity index (χ0n) is 13.1. The van der Waals surface area contributed by atoms with Crippen LogP contribution in [0, 0.1) is 0 Å². The second-order valence-electron chi connectivity index (χ2n) is 6.27. The van der Waals surface area contributed by atoms with Crippen molar-refractivity contribution < 1.29 is 0 Å². The van der Waals surface area contributed by atoms with Gasteiger partial charge < -0.3 is 5.32 Å². The highest BCUT2D eigenvalue weighted by Crippen LogP contribution is 2.45. The summed E-state index contributed by atoms with van der Waals surface area (Å²) in [4.78, 5) is 0. The van der Waals surface area contributed by atoms with E-state index in [-0.39, 0.29) is 0 Å². The summed E-state index contributed by atoms with van der Waals surface area (Å²) in [6.07, 6.45) is 1.13. The minimum Gasteiger partial charge on any atom is -0.302 e. The van der Waals surface area contributed by atoms with E-state index < -0.39 is 0 Å². The Morgan fingerprint density at radius 2 is 1.04 bits per heavy atom. The van der Waals surface area contributed by atoms with Gasteiger partial charge in [-0.25, -0.2) is 0 Å². The number of rotatable bonds is 3. The van der Waals surface area contributed by atoms with E-state index in [1.807, 2.05) is 0 Å². The van der Waals surface area contributed by atoms with Crippen molar-refractivity contribution in [1.82, 2.24) is 5.32 Å². The molecule has 1 heteroatoms. The second-order valence-corrected chi connectivity index (χ2v) is 6.27. The van der Waals surface area contributed by atoms with E-state index in [1.54, 1.807) is 0 Å². The predicted octanol–water partition coefficient (Wildman–Crippen LogP) is 5.25. The molecule has 4 rings (SSSR count). The molecule has 0 saturated carbocycles. The highest BCUT2D eigenvalue weighted by atomic mass is 15.0. The smallest absolute Gasteiger partial charge is 0.0395 e. The molecular weight excluding hydrogens is 278 g/mol. The van der Waals surface area contributed by atoms with Crippen molar-refractivity contribution in [2.24, 2.45) is 0 Å². The Hall–Kier alpha value is -2.38. The van der Waals surface area contributed by atoms with Gasteiger partial charge in [0, 0.05) is 18.0 Å². The van der Waals surface area contributed by atoms with Gasteiger partial charge in [0.25, 0.3) is 0 Å². The molecule has 0 amide bonds. The molecule has 0 unspecified atom stereocenters. The fraction of sp³-hybridized carbons (Fsp3) is 0.182. The molecule has 23 heavy (non-hydrogen) atoms. The third-order valence-electron chi connectivity index (χ3n) is 4.86. The third kappa shape index (κ3) is 2.93. The summed E-state index contributed by atoms with van der Waals surface area (Å²) in [5.41, 5.74) is 4.18. The molecule has 1 heterocycles. The van der Waals surface area contributed by atoms with Crippen molar-refractivity contribution in [3.05, 3.63) is 108 Å². The summed E-state index contributed by atoms with van der Waals surface area (Å²) in [7, 11) is 0. The fourth-order valence-electron chi connectivity index (χ4n) is 3.73. The van der Waals surface area contributed by atoms with Crippen LogP contribution in [0.15, 0.2) is 91.0 Å². The molecule has 0 aromatic heterocycles. The third-order valence-corrected chi connectivity index (χ3v) is 4.86. The van der Waals surface area contributed by atoms with Crippen LogP contribution in [-0.4, -0.2) is 0 Å². The zero-order chi connectivity index (χ0) is 15.5. The van der Waals surface area contributed by atoms with Gasteiger partial charge in [0.2, 0.25) is 0 Å². The van der Waals surface area contributed by atoms with Gasteiger partial charge in [0.05, 0.1) is 0 Å². The standard InChI is InChI=1S/C22H21N/c1-4-10-17(11-5-1)20-16-21(18-12-6-2-7-13-18)23-22(20)19-14-8-3-9-15-19/h1-15,20-23H,16H2/t20-,21-,22+/m0/s1. The molecule has 1 nitrogen and oxygen atoms in total. The van der Waals surface area contributed by atoms with Crippen molar-refractivity contribution in [3.8, 4) is 0 Å². The Morgan fingerprint density at radius 1 is 0.565 bits per heavy atom. The van der Waals surface area contributed by atoms with E-state index >= 15 is 0 Å². The van der Waals surface area contributed by atoms with Crippen LogP contribution in [0.1, 0.15) is 41.1 Å². The lowest BCUT2D eigenvalue weighted by molar-refractivity contribution is 0.554. The van der Waals surface area contributed by atoms with Crippen molar-refractivity contribution in [1.29, 1.82) is 0 Å². The number of benzene rings is 3. The highest BCUT2D eigenvalue weighted by Gasteiger charge is 2.35. The van der Waals surface area contributed by atoms with Gasteiger partial charge in [-0.05, 0) is 23.1 Å². The van der Waals surface area contributed by atoms with Gasteiger partial charge in [0.15, 0.2) is 0 Å². The first-order valence-corrected chi connectivity index (χ1v) is 8.33. The summed E-state index contributed by atoms with van der Waals surface area (Å²) in [5, 5.41) is 3.87. The van der Waals surface area contributed by atoms with Crippen LogP contribution in [0.3, 0.4) is 0 Å². The summed E-state index contributed by atoms with van der Waals surface area (Å²) < 4.78 is 0. The Labute approximate surface area is 138 Å². The first-order valence-electron chi connectivity index (χ1n) is 8.33. The number of hydrogen-bond donors (Lipinski definition) is 1. The molecule has 3 atom stereocenters. The Bertz CT molecular complexity index is 689. The van der Waals surface area contributed by atoms with Gasteiger partial charge in [-0.2, -0.15) is 0 Å². The van der Waals surface area contributed by atoms with E-state index in [4.69, 9.17) is 0 Å². The minimum absolute atomic E-state index is 0.365. The molecule has 0 bridgehead atoms. The van der Waals surface area contributed by atoms with Crippen LogP contribution in [0.2, 0.25) is 0 Å². The monoisotopic (exact) mass is 299 g/mol. The molecule has 1 aliphatic rings. The molecule has 0 radical (unpaired) electrons. The minimum atomic E-state index is 0.365.